The molecule has 0 atom stereocenters. The first kappa shape index (κ1) is 20.3. The van der Waals surface area contributed by atoms with Crippen molar-refractivity contribution in [3.8, 4) is 0 Å². The number of piperazine rings is 1. The van der Waals surface area contributed by atoms with Crippen molar-refractivity contribution in [2.24, 2.45) is 0 Å². The van der Waals surface area contributed by atoms with Crippen molar-refractivity contribution in [2.45, 2.75) is 13.5 Å². The lowest BCUT2D eigenvalue weighted by molar-refractivity contribution is -0.131. The maximum absolute atomic E-state index is 12.7. The van der Waals surface area contributed by atoms with Gasteiger partial charge in [-0.05, 0) is 28.4 Å². The fourth-order valence-electron chi connectivity index (χ4n) is 2.72. The van der Waals surface area contributed by atoms with E-state index in [4.69, 9.17) is 4.74 Å². The number of rotatable bonds is 4. The third-order valence-electron chi connectivity index (χ3n) is 4.04. The number of fused-ring (bicyclic) bond motifs is 1. The molecule has 0 N–H and O–H groups in total. The molecule has 0 saturated carbocycles. The topological polar surface area (TPSA) is 42.0 Å². The van der Waals surface area contributed by atoms with Crippen LogP contribution in [0.2, 0.25) is 0 Å². The van der Waals surface area contributed by atoms with Crippen LogP contribution in [0.5, 0.6) is 0 Å². The number of hydrogen-bond acceptors (Lipinski definition) is 4. The van der Waals surface area contributed by atoms with Gasteiger partial charge >= 0.3 is 0 Å². The molecule has 0 unspecified atom stereocenters. The quantitative estimate of drug-likeness (QED) is 0.745. The molecule has 1 aromatic carbocycles. The average Bonchev–Trinajstić information content (AvgIpc) is 2.64. The molecule has 1 fully saturated rings. The SMILES string of the molecule is C=C1C(Br)=CN2CCN(CC)C(=O)C2=C1OCc1ccccc1.COC. The Hall–Kier alpha value is -2.05. The molecule has 6 heteroatoms. The molecule has 140 valence electrons. The molecule has 0 bridgehead atoms. The van der Waals surface area contributed by atoms with Crippen LogP contribution in [0.1, 0.15) is 12.5 Å². The first-order chi connectivity index (χ1) is 12.5. The predicted molar refractivity (Wildman–Crippen MR) is 106 cm³/mol. The number of carbonyl (C=O) groups is 1. The number of halogens is 1. The zero-order valence-corrected chi connectivity index (χ0v) is 17.1. The van der Waals surface area contributed by atoms with Gasteiger partial charge in [0.2, 0.25) is 0 Å². The molecule has 0 aromatic heterocycles. The molecule has 5 nitrogen and oxygen atoms in total. The summed E-state index contributed by atoms with van der Waals surface area (Å²) in [4.78, 5) is 16.5. The van der Waals surface area contributed by atoms with Gasteiger partial charge < -0.3 is 19.3 Å². The van der Waals surface area contributed by atoms with Crippen molar-refractivity contribution in [3.05, 3.63) is 70.2 Å². The second-order valence-electron chi connectivity index (χ2n) is 5.89. The maximum atomic E-state index is 12.7. The van der Waals surface area contributed by atoms with E-state index in [1.54, 1.807) is 14.2 Å². The summed E-state index contributed by atoms with van der Waals surface area (Å²) in [6.45, 7) is 8.64. The second-order valence-corrected chi connectivity index (χ2v) is 6.75. The Labute approximate surface area is 163 Å². The van der Waals surface area contributed by atoms with E-state index in [2.05, 4.69) is 27.2 Å². The zero-order chi connectivity index (χ0) is 19.1. The van der Waals surface area contributed by atoms with Gasteiger partial charge in [0, 0.05) is 50.1 Å². The summed E-state index contributed by atoms with van der Waals surface area (Å²) in [6.07, 6.45) is 1.91. The van der Waals surface area contributed by atoms with Gasteiger partial charge in [0.25, 0.3) is 5.91 Å². The van der Waals surface area contributed by atoms with E-state index in [1.165, 1.54) is 0 Å². The Morgan fingerprint density at radius 3 is 2.46 bits per heavy atom. The van der Waals surface area contributed by atoms with E-state index < -0.39 is 0 Å². The number of ether oxygens (including phenoxy) is 2. The number of benzene rings is 1. The molecule has 26 heavy (non-hydrogen) atoms. The molecular weight excluding hydrogens is 396 g/mol. The Balaban J connectivity index is 0.000000758. The predicted octanol–water partition coefficient (Wildman–Crippen LogP) is 3.65. The van der Waals surface area contributed by atoms with Gasteiger partial charge in [-0.1, -0.05) is 36.9 Å². The van der Waals surface area contributed by atoms with Crippen LogP contribution in [0.3, 0.4) is 0 Å². The number of nitrogens with zero attached hydrogens (tertiary/aromatic N) is 2. The number of amides is 1. The first-order valence-corrected chi connectivity index (χ1v) is 9.26. The summed E-state index contributed by atoms with van der Waals surface area (Å²) < 4.78 is 11.1. The van der Waals surface area contributed by atoms with E-state index in [0.717, 1.165) is 16.6 Å². The lowest BCUT2D eigenvalue weighted by Crippen LogP contribution is -2.48. The summed E-state index contributed by atoms with van der Waals surface area (Å²) in [5.41, 5.74) is 2.35. The van der Waals surface area contributed by atoms with Crippen LogP contribution in [0.15, 0.2) is 64.6 Å². The van der Waals surface area contributed by atoms with Gasteiger partial charge in [-0.2, -0.15) is 0 Å². The number of hydrogen-bond donors (Lipinski definition) is 0. The fourth-order valence-corrected chi connectivity index (χ4v) is 3.15. The monoisotopic (exact) mass is 420 g/mol. The van der Waals surface area contributed by atoms with Crippen molar-refractivity contribution in [3.63, 3.8) is 0 Å². The normalized spacial score (nSPS) is 16.7. The number of methoxy groups -OCH3 is 1. The summed E-state index contributed by atoms with van der Waals surface area (Å²) in [5, 5.41) is 0. The van der Waals surface area contributed by atoms with Crippen molar-refractivity contribution in [1.29, 1.82) is 0 Å². The van der Waals surface area contributed by atoms with Gasteiger partial charge in [0.05, 0.1) is 0 Å². The molecule has 2 heterocycles. The Kier molecular flexibility index (Phi) is 7.48. The molecule has 1 saturated heterocycles. The molecule has 0 spiro atoms. The number of allylic oxidation sites excluding steroid dienone is 1. The molecule has 0 radical (unpaired) electrons. The molecule has 2 aliphatic heterocycles. The minimum Gasteiger partial charge on any atom is -0.486 e. The highest BCUT2D eigenvalue weighted by Gasteiger charge is 2.35. The van der Waals surface area contributed by atoms with Crippen LogP contribution in [-0.2, 0) is 20.9 Å². The summed E-state index contributed by atoms with van der Waals surface area (Å²) >= 11 is 3.52. The largest absolute Gasteiger partial charge is 0.486 e. The van der Waals surface area contributed by atoms with E-state index in [1.807, 2.05) is 53.3 Å². The van der Waals surface area contributed by atoms with Crippen LogP contribution in [0.25, 0.3) is 0 Å². The van der Waals surface area contributed by atoms with E-state index >= 15 is 0 Å². The summed E-state index contributed by atoms with van der Waals surface area (Å²) in [5.74, 6) is 0.561. The first-order valence-electron chi connectivity index (χ1n) is 8.47. The highest BCUT2D eigenvalue weighted by Crippen LogP contribution is 2.35. The number of likely N-dealkylation sites (N-methyl/N-ethyl adjacent to an activating group) is 1. The minimum absolute atomic E-state index is 0.000730. The van der Waals surface area contributed by atoms with Gasteiger partial charge in [-0.15, -0.1) is 0 Å². The van der Waals surface area contributed by atoms with Gasteiger partial charge in [-0.25, -0.2) is 0 Å². The highest BCUT2D eigenvalue weighted by atomic mass is 79.9. The molecule has 0 aliphatic carbocycles. The van der Waals surface area contributed by atoms with Crippen molar-refractivity contribution >= 4 is 21.8 Å². The molecule has 2 aliphatic rings. The standard InChI is InChI=1S/C18H19BrN2O2.C2H6O/c1-3-20-9-10-21-11-15(19)13(2)17(16(21)18(20)22)23-12-14-7-5-4-6-8-14;1-3-2/h4-8,11H,2-3,9-10,12H2,1H3;1-2H3. The van der Waals surface area contributed by atoms with E-state index in [9.17, 15) is 4.79 Å². The third kappa shape index (κ3) is 4.56. The van der Waals surface area contributed by atoms with Crippen LogP contribution in [0.4, 0.5) is 0 Å². The van der Waals surface area contributed by atoms with Gasteiger partial charge in [0.15, 0.2) is 11.5 Å². The Morgan fingerprint density at radius 2 is 1.85 bits per heavy atom. The van der Waals surface area contributed by atoms with Crippen LogP contribution in [0, 0.1) is 0 Å². The molecule has 1 aromatic rings. The Morgan fingerprint density at radius 1 is 1.19 bits per heavy atom. The van der Waals surface area contributed by atoms with Gasteiger partial charge in [-0.3, -0.25) is 4.79 Å². The van der Waals surface area contributed by atoms with Crippen molar-refractivity contribution in [2.75, 3.05) is 33.9 Å². The second kappa shape index (κ2) is 9.59. The van der Waals surface area contributed by atoms with Crippen LogP contribution >= 0.6 is 15.9 Å². The van der Waals surface area contributed by atoms with Crippen molar-refractivity contribution < 1.29 is 14.3 Å². The summed E-state index contributed by atoms with van der Waals surface area (Å²) in [7, 11) is 3.25. The lowest BCUT2D eigenvalue weighted by atomic mass is 10.1. The zero-order valence-electron chi connectivity index (χ0n) is 15.5. The van der Waals surface area contributed by atoms with Gasteiger partial charge in [0.1, 0.15) is 6.61 Å². The number of carbonyl (C=O) groups excluding carboxylic acids is 1. The maximum Gasteiger partial charge on any atom is 0.274 e. The van der Waals surface area contributed by atoms with Crippen LogP contribution < -0.4 is 0 Å². The highest BCUT2D eigenvalue weighted by molar-refractivity contribution is 9.12. The Bertz CT molecular complexity index is 713. The fraction of sp³-hybridized carbons (Fsp3) is 0.350. The summed E-state index contributed by atoms with van der Waals surface area (Å²) in [6, 6.07) is 9.91. The average molecular weight is 421 g/mol. The van der Waals surface area contributed by atoms with Crippen LogP contribution in [-0.4, -0.2) is 49.6 Å². The van der Waals surface area contributed by atoms with Crippen molar-refractivity contribution in [1.82, 2.24) is 9.80 Å². The smallest absolute Gasteiger partial charge is 0.274 e. The minimum atomic E-state index is -0.000730. The third-order valence-corrected chi connectivity index (χ3v) is 4.73. The molecular formula is C20H25BrN2O3. The molecule has 3 rings (SSSR count). The van der Waals surface area contributed by atoms with E-state index in [-0.39, 0.29) is 5.91 Å². The lowest BCUT2D eigenvalue weighted by Gasteiger charge is -2.38. The van der Waals surface area contributed by atoms with E-state index in [0.29, 0.717) is 36.7 Å². The molecule has 1 amide bonds.